The molecule has 1 atom stereocenters. The number of nitrogens with one attached hydrogen (secondary N) is 2. The molecule has 0 aliphatic carbocycles. The van der Waals surface area contributed by atoms with Crippen molar-refractivity contribution < 1.29 is 9.47 Å². The Bertz CT molecular complexity index is 901. The van der Waals surface area contributed by atoms with Crippen molar-refractivity contribution in [2.45, 2.75) is 25.8 Å². The summed E-state index contributed by atoms with van der Waals surface area (Å²) in [4.78, 5) is 9.10. The van der Waals surface area contributed by atoms with E-state index in [2.05, 4.69) is 25.5 Å². The van der Waals surface area contributed by atoms with Crippen molar-refractivity contribution in [2.24, 2.45) is 0 Å². The number of aryl methyl sites for hydroxylation is 1. The maximum atomic E-state index is 5.49. The Morgan fingerprint density at radius 3 is 2.85 bits per heavy atom. The van der Waals surface area contributed by atoms with E-state index in [-0.39, 0.29) is 0 Å². The van der Waals surface area contributed by atoms with Crippen LogP contribution in [0.5, 0.6) is 5.75 Å². The summed E-state index contributed by atoms with van der Waals surface area (Å²) in [6.07, 6.45) is 2.85. The van der Waals surface area contributed by atoms with Gasteiger partial charge in [-0.25, -0.2) is 9.97 Å². The average Bonchev–Trinajstić information content (AvgIpc) is 3.38. The van der Waals surface area contributed by atoms with Crippen LogP contribution in [0.3, 0.4) is 0 Å². The minimum Gasteiger partial charge on any atom is -0.497 e. The standard InChI is InChI=1S/C20H23N5O2/c1-13-23-18(15-7-8-27-12-15)9-19(24-13)21-10-16-11-22-25-20(16)14-3-5-17(26-2)6-4-14/h3-6,9,11,15H,7-8,10,12H2,1-2H3,(H,22,25)(H,21,23,24). The molecule has 1 aromatic carbocycles. The number of hydrogen-bond acceptors (Lipinski definition) is 6. The molecule has 1 fully saturated rings. The van der Waals surface area contributed by atoms with Crippen LogP contribution in [0.2, 0.25) is 0 Å². The number of aromatic nitrogens is 4. The second-order valence-electron chi connectivity index (χ2n) is 6.64. The van der Waals surface area contributed by atoms with E-state index >= 15 is 0 Å². The molecule has 0 bridgehead atoms. The van der Waals surface area contributed by atoms with Gasteiger partial charge in [-0.3, -0.25) is 5.10 Å². The fourth-order valence-corrected chi connectivity index (χ4v) is 3.30. The van der Waals surface area contributed by atoms with Crippen LogP contribution in [-0.4, -0.2) is 40.5 Å². The molecular formula is C20H23N5O2. The number of hydrogen-bond donors (Lipinski definition) is 2. The van der Waals surface area contributed by atoms with Crippen molar-refractivity contribution in [3.05, 3.63) is 53.6 Å². The van der Waals surface area contributed by atoms with Gasteiger partial charge in [-0.15, -0.1) is 0 Å². The van der Waals surface area contributed by atoms with Crippen molar-refractivity contribution >= 4 is 5.82 Å². The fourth-order valence-electron chi connectivity index (χ4n) is 3.30. The third kappa shape index (κ3) is 3.93. The Morgan fingerprint density at radius 1 is 1.26 bits per heavy atom. The van der Waals surface area contributed by atoms with E-state index < -0.39 is 0 Å². The van der Waals surface area contributed by atoms with E-state index in [4.69, 9.17) is 9.47 Å². The van der Waals surface area contributed by atoms with Crippen molar-refractivity contribution in [3.63, 3.8) is 0 Å². The smallest absolute Gasteiger partial charge is 0.130 e. The first-order chi connectivity index (χ1) is 13.2. The second kappa shape index (κ2) is 7.75. The predicted molar refractivity (Wildman–Crippen MR) is 103 cm³/mol. The largest absolute Gasteiger partial charge is 0.497 e. The van der Waals surface area contributed by atoms with Gasteiger partial charge in [0.2, 0.25) is 0 Å². The van der Waals surface area contributed by atoms with E-state index in [0.717, 1.165) is 59.5 Å². The van der Waals surface area contributed by atoms with E-state index in [1.165, 1.54) is 0 Å². The second-order valence-corrected chi connectivity index (χ2v) is 6.64. The maximum absolute atomic E-state index is 5.49. The number of aromatic amines is 1. The molecule has 0 spiro atoms. The van der Waals surface area contributed by atoms with Gasteiger partial charge in [0, 0.05) is 36.3 Å². The number of nitrogens with zero attached hydrogens (tertiary/aromatic N) is 3. The van der Waals surface area contributed by atoms with Gasteiger partial charge in [0.1, 0.15) is 17.4 Å². The SMILES string of the molecule is COc1ccc(-c2[nH]ncc2CNc2cc(C3CCOC3)nc(C)n2)cc1. The van der Waals surface area contributed by atoms with Crippen LogP contribution < -0.4 is 10.1 Å². The third-order valence-electron chi connectivity index (χ3n) is 4.76. The molecule has 7 heteroatoms. The first-order valence-electron chi connectivity index (χ1n) is 9.07. The third-order valence-corrected chi connectivity index (χ3v) is 4.76. The van der Waals surface area contributed by atoms with Crippen LogP contribution in [-0.2, 0) is 11.3 Å². The van der Waals surface area contributed by atoms with Crippen molar-refractivity contribution in [1.82, 2.24) is 20.2 Å². The molecule has 4 rings (SSSR count). The van der Waals surface area contributed by atoms with Gasteiger partial charge in [-0.1, -0.05) is 0 Å². The zero-order valence-corrected chi connectivity index (χ0v) is 15.5. The molecule has 3 aromatic rings. The van der Waals surface area contributed by atoms with Crippen LogP contribution in [0.1, 0.15) is 29.4 Å². The van der Waals surface area contributed by atoms with Gasteiger partial charge < -0.3 is 14.8 Å². The zero-order chi connectivity index (χ0) is 18.6. The van der Waals surface area contributed by atoms with Crippen LogP contribution >= 0.6 is 0 Å². The van der Waals surface area contributed by atoms with Crippen LogP contribution in [0.25, 0.3) is 11.3 Å². The van der Waals surface area contributed by atoms with E-state index in [9.17, 15) is 0 Å². The Balaban J connectivity index is 1.50. The van der Waals surface area contributed by atoms with Gasteiger partial charge in [-0.05, 0) is 37.6 Å². The molecule has 2 N–H and O–H groups in total. The lowest BCUT2D eigenvalue weighted by molar-refractivity contribution is 0.193. The number of anilines is 1. The molecule has 0 radical (unpaired) electrons. The van der Waals surface area contributed by atoms with Crippen LogP contribution in [0, 0.1) is 6.92 Å². The molecule has 0 saturated carbocycles. The fraction of sp³-hybridized carbons (Fsp3) is 0.350. The topological polar surface area (TPSA) is 85.0 Å². The molecule has 3 heterocycles. The zero-order valence-electron chi connectivity index (χ0n) is 15.5. The summed E-state index contributed by atoms with van der Waals surface area (Å²) in [7, 11) is 1.66. The van der Waals surface area contributed by atoms with Crippen molar-refractivity contribution in [2.75, 3.05) is 25.6 Å². The molecule has 1 aliphatic rings. The predicted octanol–water partition coefficient (Wildman–Crippen LogP) is 3.30. The Kier molecular flexibility index (Phi) is 5.02. The van der Waals surface area contributed by atoms with E-state index in [1.54, 1.807) is 7.11 Å². The number of rotatable bonds is 6. The number of methoxy groups -OCH3 is 1. The summed E-state index contributed by atoms with van der Waals surface area (Å²) in [5.41, 5.74) is 4.17. The molecular weight excluding hydrogens is 342 g/mol. The normalized spacial score (nSPS) is 16.4. The highest BCUT2D eigenvalue weighted by Gasteiger charge is 2.20. The average molecular weight is 365 g/mol. The van der Waals surface area contributed by atoms with Gasteiger partial charge in [0.05, 0.1) is 31.3 Å². The highest BCUT2D eigenvalue weighted by molar-refractivity contribution is 5.64. The maximum Gasteiger partial charge on any atom is 0.130 e. The summed E-state index contributed by atoms with van der Waals surface area (Å²) in [5, 5.41) is 10.7. The lowest BCUT2D eigenvalue weighted by Gasteiger charge is -2.12. The first kappa shape index (κ1) is 17.5. The summed E-state index contributed by atoms with van der Waals surface area (Å²) in [5.74, 6) is 2.78. The molecule has 7 nitrogen and oxygen atoms in total. The Morgan fingerprint density at radius 2 is 2.11 bits per heavy atom. The molecule has 1 saturated heterocycles. The van der Waals surface area contributed by atoms with Crippen LogP contribution in [0.4, 0.5) is 5.82 Å². The number of benzene rings is 1. The molecule has 1 unspecified atom stereocenters. The van der Waals surface area contributed by atoms with Gasteiger partial charge in [0.25, 0.3) is 0 Å². The minimum absolute atomic E-state index is 0.357. The van der Waals surface area contributed by atoms with Gasteiger partial charge in [0.15, 0.2) is 0 Å². The lowest BCUT2D eigenvalue weighted by Crippen LogP contribution is -2.08. The highest BCUT2D eigenvalue weighted by Crippen LogP contribution is 2.26. The monoisotopic (exact) mass is 365 g/mol. The minimum atomic E-state index is 0.357. The van der Waals surface area contributed by atoms with Gasteiger partial charge in [-0.2, -0.15) is 5.10 Å². The molecule has 27 heavy (non-hydrogen) atoms. The molecule has 1 aliphatic heterocycles. The van der Waals surface area contributed by atoms with Crippen molar-refractivity contribution in [1.29, 1.82) is 0 Å². The number of H-pyrrole nitrogens is 1. The van der Waals surface area contributed by atoms with E-state index in [1.807, 2.05) is 43.5 Å². The molecule has 0 amide bonds. The van der Waals surface area contributed by atoms with Gasteiger partial charge >= 0.3 is 0 Å². The van der Waals surface area contributed by atoms with Crippen LogP contribution in [0.15, 0.2) is 36.5 Å². The summed E-state index contributed by atoms with van der Waals surface area (Å²) in [6.45, 7) is 4.08. The van der Waals surface area contributed by atoms with Crippen molar-refractivity contribution in [3.8, 4) is 17.0 Å². The summed E-state index contributed by atoms with van der Waals surface area (Å²) < 4.78 is 10.7. The Hall–Kier alpha value is -2.93. The first-order valence-corrected chi connectivity index (χ1v) is 9.07. The Labute approximate surface area is 158 Å². The lowest BCUT2D eigenvalue weighted by atomic mass is 10.0. The molecule has 140 valence electrons. The van der Waals surface area contributed by atoms with E-state index in [0.29, 0.717) is 12.5 Å². The molecule has 2 aromatic heterocycles. The number of ether oxygens (including phenoxy) is 2. The summed E-state index contributed by atoms with van der Waals surface area (Å²) in [6, 6.07) is 9.94. The summed E-state index contributed by atoms with van der Waals surface area (Å²) >= 11 is 0. The highest BCUT2D eigenvalue weighted by atomic mass is 16.5. The quantitative estimate of drug-likeness (QED) is 0.697.